The zero-order valence-electron chi connectivity index (χ0n) is 10.9. The first-order valence-electron chi connectivity index (χ1n) is 6.31. The van der Waals surface area contributed by atoms with Gasteiger partial charge in [0, 0.05) is 27.8 Å². The molecule has 0 amide bonds. The minimum atomic E-state index is 0.619. The molecule has 3 aromatic rings. The van der Waals surface area contributed by atoms with Crippen molar-refractivity contribution in [2.75, 3.05) is 5.73 Å². The van der Waals surface area contributed by atoms with Gasteiger partial charge in [0.2, 0.25) is 0 Å². The van der Waals surface area contributed by atoms with Crippen molar-refractivity contribution in [2.45, 2.75) is 13.5 Å². The molecule has 0 aliphatic heterocycles. The molecule has 0 atom stereocenters. The van der Waals surface area contributed by atoms with E-state index in [1.165, 1.54) is 0 Å². The summed E-state index contributed by atoms with van der Waals surface area (Å²) in [6.07, 6.45) is 0. The Bertz CT molecular complexity index is 793. The van der Waals surface area contributed by atoms with Gasteiger partial charge in [0.1, 0.15) is 5.82 Å². The van der Waals surface area contributed by atoms with Crippen LogP contribution in [0.3, 0.4) is 0 Å². The number of aromatic nitrogens is 2. The Kier molecular flexibility index (Phi) is 3.32. The van der Waals surface area contributed by atoms with Crippen LogP contribution in [0.2, 0.25) is 10.0 Å². The first-order valence-corrected chi connectivity index (χ1v) is 7.07. The van der Waals surface area contributed by atoms with Gasteiger partial charge < -0.3 is 10.3 Å². The van der Waals surface area contributed by atoms with E-state index < -0.39 is 0 Å². The van der Waals surface area contributed by atoms with Crippen LogP contribution in [0, 0.1) is 0 Å². The van der Waals surface area contributed by atoms with Gasteiger partial charge in [-0.15, -0.1) is 0 Å². The third-order valence-electron chi connectivity index (χ3n) is 3.28. The number of hydrogen-bond acceptors (Lipinski definition) is 2. The fraction of sp³-hybridized carbons (Fsp3) is 0.133. The van der Waals surface area contributed by atoms with Crippen molar-refractivity contribution in [2.24, 2.45) is 0 Å². The highest BCUT2D eigenvalue weighted by Crippen LogP contribution is 2.31. The van der Waals surface area contributed by atoms with Crippen molar-refractivity contribution in [3.63, 3.8) is 0 Å². The molecule has 0 aliphatic rings. The molecular formula is C15H13Cl2N3. The molecule has 5 heteroatoms. The predicted octanol–water partition coefficient (Wildman–Crippen LogP) is 4.61. The Morgan fingerprint density at radius 1 is 1.10 bits per heavy atom. The molecule has 0 saturated heterocycles. The van der Waals surface area contributed by atoms with E-state index in [1.54, 1.807) is 6.07 Å². The van der Waals surface area contributed by atoms with Crippen LogP contribution in [-0.2, 0) is 6.54 Å². The maximum Gasteiger partial charge on any atom is 0.143 e. The van der Waals surface area contributed by atoms with Crippen LogP contribution in [0.15, 0.2) is 36.4 Å². The average Bonchev–Trinajstić information content (AvgIpc) is 2.76. The lowest BCUT2D eigenvalue weighted by Crippen LogP contribution is -2.00. The first-order chi connectivity index (χ1) is 9.60. The van der Waals surface area contributed by atoms with Crippen LogP contribution >= 0.6 is 23.2 Å². The van der Waals surface area contributed by atoms with Crippen molar-refractivity contribution < 1.29 is 0 Å². The van der Waals surface area contributed by atoms with Crippen LogP contribution in [0.25, 0.3) is 22.4 Å². The van der Waals surface area contributed by atoms with E-state index in [0.29, 0.717) is 15.7 Å². The highest BCUT2D eigenvalue weighted by Gasteiger charge is 2.14. The Balaban J connectivity index is 2.30. The number of imidazole rings is 1. The highest BCUT2D eigenvalue weighted by atomic mass is 35.5. The van der Waals surface area contributed by atoms with Crippen molar-refractivity contribution in [3.05, 3.63) is 46.4 Å². The van der Waals surface area contributed by atoms with E-state index in [9.17, 15) is 0 Å². The number of benzene rings is 2. The molecular weight excluding hydrogens is 293 g/mol. The zero-order valence-corrected chi connectivity index (χ0v) is 12.4. The maximum absolute atomic E-state index is 6.07. The summed E-state index contributed by atoms with van der Waals surface area (Å²) in [4.78, 5) is 4.67. The molecule has 0 saturated carbocycles. The lowest BCUT2D eigenvalue weighted by atomic mass is 10.1. The van der Waals surface area contributed by atoms with Crippen molar-refractivity contribution in [3.8, 4) is 11.4 Å². The maximum atomic E-state index is 6.07. The molecule has 0 spiro atoms. The molecule has 0 bridgehead atoms. The van der Waals surface area contributed by atoms with Gasteiger partial charge in [-0.2, -0.15) is 0 Å². The van der Waals surface area contributed by atoms with Crippen molar-refractivity contribution >= 4 is 39.9 Å². The van der Waals surface area contributed by atoms with Crippen LogP contribution in [0.1, 0.15) is 6.92 Å². The second-order valence-corrected chi connectivity index (χ2v) is 5.42. The molecule has 0 aliphatic carbocycles. The van der Waals surface area contributed by atoms with E-state index in [0.717, 1.165) is 29.0 Å². The molecule has 1 heterocycles. The molecule has 102 valence electrons. The number of aryl methyl sites for hydroxylation is 1. The molecule has 3 nitrogen and oxygen atoms in total. The lowest BCUT2D eigenvalue weighted by molar-refractivity contribution is 0.796. The highest BCUT2D eigenvalue weighted by molar-refractivity contribution is 6.31. The third kappa shape index (κ3) is 2.13. The summed E-state index contributed by atoms with van der Waals surface area (Å²) in [5.41, 5.74) is 9.47. The minimum Gasteiger partial charge on any atom is -0.398 e. The first kappa shape index (κ1) is 13.3. The van der Waals surface area contributed by atoms with Gasteiger partial charge in [-0.25, -0.2) is 4.98 Å². The largest absolute Gasteiger partial charge is 0.398 e. The van der Waals surface area contributed by atoms with E-state index in [-0.39, 0.29) is 0 Å². The van der Waals surface area contributed by atoms with Gasteiger partial charge in [-0.05, 0) is 43.3 Å². The summed E-state index contributed by atoms with van der Waals surface area (Å²) in [5, 5.41) is 1.32. The summed E-state index contributed by atoms with van der Waals surface area (Å²) < 4.78 is 2.10. The smallest absolute Gasteiger partial charge is 0.143 e. The Hall–Kier alpha value is -1.71. The number of fused-ring (bicyclic) bond motifs is 1. The average molecular weight is 306 g/mol. The van der Waals surface area contributed by atoms with Crippen LogP contribution in [0.4, 0.5) is 5.69 Å². The van der Waals surface area contributed by atoms with Crippen molar-refractivity contribution in [1.82, 2.24) is 9.55 Å². The molecule has 0 radical (unpaired) electrons. The molecule has 1 aromatic heterocycles. The quantitative estimate of drug-likeness (QED) is 0.702. The number of nitrogens with two attached hydrogens (primary N) is 1. The standard InChI is InChI=1S/C15H13Cl2N3/c1-2-20-14-8-10(17)4-6-13(14)19-15(20)11-5-3-9(16)7-12(11)18/h3-8H,2,18H2,1H3. The second-order valence-electron chi connectivity index (χ2n) is 4.54. The number of halogens is 2. The molecule has 2 N–H and O–H groups in total. The fourth-order valence-corrected chi connectivity index (χ4v) is 2.71. The van der Waals surface area contributed by atoms with Gasteiger partial charge in [0.05, 0.1) is 11.0 Å². The fourth-order valence-electron chi connectivity index (χ4n) is 2.36. The summed E-state index contributed by atoms with van der Waals surface area (Å²) in [6.45, 7) is 2.85. The van der Waals surface area contributed by atoms with Gasteiger partial charge in [0.25, 0.3) is 0 Å². The van der Waals surface area contributed by atoms with Gasteiger partial charge in [-0.1, -0.05) is 23.2 Å². The SMILES string of the molecule is CCn1c(-c2ccc(Cl)cc2N)nc2ccc(Cl)cc21. The van der Waals surface area contributed by atoms with Crippen LogP contribution in [-0.4, -0.2) is 9.55 Å². The lowest BCUT2D eigenvalue weighted by Gasteiger charge is -2.08. The number of anilines is 1. The second kappa shape index (κ2) is 5.00. The summed E-state index contributed by atoms with van der Waals surface area (Å²) >= 11 is 12.0. The van der Waals surface area contributed by atoms with E-state index in [2.05, 4.69) is 16.5 Å². The van der Waals surface area contributed by atoms with Crippen LogP contribution in [0.5, 0.6) is 0 Å². The molecule has 0 fully saturated rings. The van der Waals surface area contributed by atoms with Gasteiger partial charge in [0.15, 0.2) is 0 Å². The van der Waals surface area contributed by atoms with E-state index in [1.807, 2.05) is 30.3 Å². The van der Waals surface area contributed by atoms with E-state index in [4.69, 9.17) is 28.9 Å². The minimum absolute atomic E-state index is 0.619. The van der Waals surface area contributed by atoms with E-state index >= 15 is 0 Å². The number of hydrogen-bond donors (Lipinski definition) is 1. The molecule has 3 rings (SSSR count). The van der Waals surface area contributed by atoms with Gasteiger partial charge >= 0.3 is 0 Å². The normalized spacial score (nSPS) is 11.2. The Labute approximate surface area is 126 Å². The van der Waals surface area contributed by atoms with Crippen LogP contribution < -0.4 is 5.73 Å². The monoisotopic (exact) mass is 305 g/mol. The molecule has 2 aromatic carbocycles. The Morgan fingerprint density at radius 2 is 1.80 bits per heavy atom. The summed E-state index contributed by atoms with van der Waals surface area (Å²) in [6, 6.07) is 11.1. The number of rotatable bonds is 2. The summed E-state index contributed by atoms with van der Waals surface area (Å²) in [7, 11) is 0. The zero-order chi connectivity index (χ0) is 14.3. The predicted molar refractivity (Wildman–Crippen MR) is 85.3 cm³/mol. The topological polar surface area (TPSA) is 43.8 Å². The third-order valence-corrected chi connectivity index (χ3v) is 3.75. The number of nitrogens with zero attached hydrogens (tertiary/aromatic N) is 2. The van der Waals surface area contributed by atoms with Gasteiger partial charge in [-0.3, -0.25) is 0 Å². The van der Waals surface area contributed by atoms with Crippen molar-refractivity contribution in [1.29, 1.82) is 0 Å². The molecule has 20 heavy (non-hydrogen) atoms. The summed E-state index contributed by atoms with van der Waals surface area (Å²) in [5.74, 6) is 0.832. The Morgan fingerprint density at radius 3 is 2.50 bits per heavy atom. The number of nitrogen functional groups attached to an aromatic ring is 1. The molecule has 0 unspecified atom stereocenters.